The van der Waals surface area contributed by atoms with E-state index in [9.17, 15) is 0 Å². The number of hydrazone groups is 1. The standard InChI is InChI=1S/C13H17N3O2S/c1-4-8-19-13(14)16-15-9-10-6-5-7-11(17-2)12(10)18-3/h4-7,9H,1,8H2,2-3H3,(H2,14,16)/p+1. The molecule has 0 unspecified atom stereocenters. The largest absolute Gasteiger partial charge is 0.493 e. The predicted molar refractivity (Wildman–Crippen MR) is 80.0 cm³/mol. The Labute approximate surface area is 117 Å². The lowest BCUT2D eigenvalue weighted by atomic mass is 10.2. The van der Waals surface area contributed by atoms with Crippen molar-refractivity contribution in [2.75, 3.05) is 20.0 Å². The lowest BCUT2D eigenvalue weighted by Crippen LogP contribution is -2.62. The second kappa shape index (κ2) is 8.20. The summed E-state index contributed by atoms with van der Waals surface area (Å²) >= 11 is 1.40. The topological polar surface area (TPSA) is 70.8 Å². The number of para-hydroxylation sites is 1. The average Bonchev–Trinajstić information content (AvgIpc) is 2.44. The lowest BCUT2D eigenvalue weighted by Gasteiger charge is -2.07. The average molecular weight is 280 g/mol. The summed E-state index contributed by atoms with van der Waals surface area (Å²) in [6.45, 7) is 3.61. The first kappa shape index (κ1) is 15.1. The highest BCUT2D eigenvalue weighted by atomic mass is 32.2. The molecule has 0 aliphatic heterocycles. The van der Waals surface area contributed by atoms with Gasteiger partial charge in [-0.3, -0.25) is 0 Å². The molecule has 102 valence electrons. The van der Waals surface area contributed by atoms with Gasteiger partial charge in [0.05, 0.1) is 19.8 Å². The van der Waals surface area contributed by atoms with E-state index in [4.69, 9.17) is 15.2 Å². The first-order valence-electron chi connectivity index (χ1n) is 5.59. The molecule has 0 saturated heterocycles. The van der Waals surface area contributed by atoms with Crippen molar-refractivity contribution in [2.45, 2.75) is 0 Å². The van der Waals surface area contributed by atoms with Crippen molar-refractivity contribution in [3.63, 3.8) is 0 Å². The van der Waals surface area contributed by atoms with Crippen LogP contribution in [0.5, 0.6) is 11.5 Å². The van der Waals surface area contributed by atoms with E-state index in [0.717, 1.165) is 11.3 Å². The molecule has 3 N–H and O–H groups in total. The van der Waals surface area contributed by atoms with E-state index in [1.54, 1.807) is 26.5 Å². The van der Waals surface area contributed by atoms with Crippen LogP contribution in [0.2, 0.25) is 0 Å². The van der Waals surface area contributed by atoms with E-state index in [2.05, 4.69) is 16.8 Å². The molecular weight excluding hydrogens is 262 g/mol. The Morgan fingerprint density at radius 2 is 2.26 bits per heavy atom. The zero-order valence-corrected chi connectivity index (χ0v) is 11.9. The van der Waals surface area contributed by atoms with E-state index in [1.807, 2.05) is 18.2 Å². The van der Waals surface area contributed by atoms with Gasteiger partial charge in [-0.1, -0.05) is 23.9 Å². The van der Waals surface area contributed by atoms with Gasteiger partial charge in [-0.05, 0) is 12.1 Å². The third-order valence-corrected chi connectivity index (χ3v) is 2.97. The molecule has 0 aliphatic rings. The number of nitrogens with zero attached hydrogens (tertiary/aromatic N) is 1. The number of methoxy groups -OCH3 is 2. The zero-order valence-electron chi connectivity index (χ0n) is 11.1. The summed E-state index contributed by atoms with van der Waals surface area (Å²) in [5.41, 5.74) is 6.50. The van der Waals surface area contributed by atoms with E-state index in [1.165, 1.54) is 11.8 Å². The Kier molecular flexibility index (Phi) is 6.52. The third kappa shape index (κ3) is 4.67. The van der Waals surface area contributed by atoms with Crippen LogP contribution in [0.3, 0.4) is 0 Å². The second-order valence-corrected chi connectivity index (χ2v) is 4.45. The third-order valence-electron chi connectivity index (χ3n) is 2.18. The summed E-state index contributed by atoms with van der Waals surface area (Å²) < 4.78 is 10.5. The van der Waals surface area contributed by atoms with Crippen molar-refractivity contribution in [3.05, 3.63) is 36.4 Å². The number of nitrogens with one attached hydrogen (secondary N) is 1. The number of hydrogen-bond donors (Lipinski definition) is 2. The van der Waals surface area contributed by atoms with Gasteiger partial charge in [-0.15, -0.1) is 11.7 Å². The number of nitrogens with two attached hydrogens (primary N) is 1. The Hall–Kier alpha value is -1.95. The molecule has 0 spiro atoms. The van der Waals surface area contributed by atoms with Crippen LogP contribution >= 0.6 is 11.8 Å². The monoisotopic (exact) mass is 280 g/mol. The molecule has 0 aliphatic carbocycles. The molecule has 0 fully saturated rings. The van der Waals surface area contributed by atoms with Crippen molar-refractivity contribution in [1.82, 2.24) is 0 Å². The molecule has 0 amide bonds. The van der Waals surface area contributed by atoms with Gasteiger partial charge >= 0.3 is 0 Å². The van der Waals surface area contributed by atoms with Crippen molar-refractivity contribution in [1.29, 1.82) is 0 Å². The van der Waals surface area contributed by atoms with Gasteiger partial charge in [0.25, 0.3) is 0 Å². The van der Waals surface area contributed by atoms with Crippen molar-refractivity contribution < 1.29 is 14.6 Å². The smallest absolute Gasteiger partial charge is 0.226 e. The van der Waals surface area contributed by atoms with Gasteiger partial charge in [0.1, 0.15) is 0 Å². The summed E-state index contributed by atoms with van der Waals surface area (Å²) in [6, 6.07) is 5.58. The van der Waals surface area contributed by atoms with Crippen LogP contribution in [0.4, 0.5) is 0 Å². The number of benzene rings is 1. The Morgan fingerprint density at radius 1 is 1.47 bits per heavy atom. The lowest BCUT2D eigenvalue weighted by molar-refractivity contribution is -0.456. The van der Waals surface area contributed by atoms with Crippen LogP contribution in [-0.4, -0.2) is 31.4 Å². The highest BCUT2D eigenvalue weighted by Crippen LogP contribution is 2.28. The van der Waals surface area contributed by atoms with Gasteiger partial charge in [-0.25, -0.2) is 0 Å². The quantitative estimate of drug-likeness (QED) is 0.341. The number of rotatable bonds is 6. The van der Waals surface area contributed by atoms with Crippen LogP contribution < -0.4 is 20.3 Å². The zero-order chi connectivity index (χ0) is 14.1. The van der Waals surface area contributed by atoms with E-state index >= 15 is 0 Å². The molecule has 1 aromatic rings. The van der Waals surface area contributed by atoms with Crippen LogP contribution in [0.1, 0.15) is 5.56 Å². The molecule has 0 bridgehead atoms. The van der Waals surface area contributed by atoms with Crippen LogP contribution in [-0.2, 0) is 0 Å². The SMILES string of the molecule is C=CCSC(N)=N[NH+]=Cc1cccc(OC)c1OC. The fourth-order valence-corrected chi connectivity index (χ4v) is 1.77. The minimum atomic E-state index is 0.443. The van der Waals surface area contributed by atoms with Gasteiger partial charge in [0.15, 0.2) is 11.5 Å². The number of hydrogen-bond acceptors (Lipinski definition) is 4. The van der Waals surface area contributed by atoms with Gasteiger partial charge in [-0.2, -0.15) is 0 Å². The Bertz CT molecular complexity index is 487. The molecule has 0 aromatic heterocycles. The summed E-state index contributed by atoms with van der Waals surface area (Å²) in [5.74, 6) is 2.03. The van der Waals surface area contributed by atoms with Gasteiger partial charge < -0.3 is 15.2 Å². The molecule has 1 aromatic carbocycles. The van der Waals surface area contributed by atoms with Crippen LogP contribution in [0.15, 0.2) is 36.0 Å². The predicted octanol–water partition coefficient (Wildman–Crippen LogP) is 0.352. The first-order valence-corrected chi connectivity index (χ1v) is 6.58. The second-order valence-electron chi connectivity index (χ2n) is 3.41. The summed E-state index contributed by atoms with van der Waals surface area (Å²) in [4.78, 5) is 0. The minimum Gasteiger partial charge on any atom is -0.493 e. The van der Waals surface area contributed by atoms with Crippen LogP contribution in [0.25, 0.3) is 0 Å². The molecular formula is C13H18N3O2S+. The molecule has 5 nitrogen and oxygen atoms in total. The van der Waals surface area contributed by atoms with Gasteiger partial charge in [0.2, 0.25) is 11.4 Å². The molecule has 0 heterocycles. The number of ether oxygens (including phenoxy) is 2. The Balaban J connectivity index is 2.84. The summed E-state index contributed by atoms with van der Waals surface area (Å²) in [5, 5.41) is 7.22. The first-order chi connectivity index (χ1) is 9.22. The molecule has 6 heteroatoms. The fraction of sp³-hybridized carbons (Fsp3) is 0.231. The molecule has 0 saturated carbocycles. The summed E-state index contributed by atoms with van der Waals surface area (Å²) in [6.07, 6.45) is 3.46. The molecule has 1 rings (SSSR count). The highest BCUT2D eigenvalue weighted by molar-refractivity contribution is 8.13. The van der Waals surface area contributed by atoms with Crippen molar-refractivity contribution in [2.24, 2.45) is 10.8 Å². The van der Waals surface area contributed by atoms with Crippen molar-refractivity contribution in [3.8, 4) is 11.5 Å². The molecule has 0 radical (unpaired) electrons. The number of thioether (sulfide) groups is 1. The number of amidine groups is 1. The van der Waals surface area contributed by atoms with Gasteiger partial charge in [0, 0.05) is 10.9 Å². The van der Waals surface area contributed by atoms with E-state index in [0.29, 0.717) is 16.7 Å². The van der Waals surface area contributed by atoms with Crippen molar-refractivity contribution >= 4 is 23.1 Å². The minimum absolute atomic E-state index is 0.443. The normalized spacial score (nSPS) is 11.6. The maximum Gasteiger partial charge on any atom is 0.226 e. The van der Waals surface area contributed by atoms with E-state index < -0.39 is 0 Å². The molecule has 0 atom stereocenters. The maximum atomic E-state index is 5.68. The summed E-state index contributed by atoms with van der Waals surface area (Å²) in [7, 11) is 3.18. The fourth-order valence-electron chi connectivity index (χ4n) is 1.37. The maximum absolute atomic E-state index is 5.68. The van der Waals surface area contributed by atoms with Crippen LogP contribution in [0, 0.1) is 0 Å². The molecule has 19 heavy (non-hydrogen) atoms. The highest BCUT2D eigenvalue weighted by Gasteiger charge is 2.09. The Morgan fingerprint density at radius 3 is 2.89 bits per heavy atom. The van der Waals surface area contributed by atoms with E-state index in [-0.39, 0.29) is 0 Å².